The Balaban J connectivity index is 1.93. The van der Waals surface area contributed by atoms with Crippen LogP contribution in [-0.4, -0.2) is 16.1 Å². The van der Waals surface area contributed by atoms with Crippen molar-refractivity contribution >= 4 is 5.97 Å². The van der Waals surface area contributed by atoms with Gasteiger partial charge in [-0.1, -0.05) is 18.6 Å². The van der Waals surface area contributed by atoms with Gasteiger partial charge in [-0.05, 0) is 37.5 Å². The Labute approximate surface area is 111 Å². The van der Waals surface area contributed by atoms with E-state index in [1.165, 1.54) is 0 Å². The second kappa shape index (κ2) is 4.23. The van der Waals surface area contributed by atoms with Gasteiger partial charge in [0.2, 0.25) is 5.89 Å². The molecule has 0 unspecified atom stereocenters. The molecule has 4 nitrogen and oxygen atoms in total. The lowest BCUT2D eigenvalue weighted by Crippen LogP contribution is -2.42. The van der Waals surface area contributed by atoms with Crippen LogP contribution in [0.1, 0.15) is 30.5 Å². The lowest BCUT2D eigenvalue weighted by molar-refractivity contribution is -0.147. The van der Waals surface area contributed by atoms with Crippen molar-refractivity contribution in [3.8, 4) is 11.5 Å². The number of benzene rings is 1. The average molecular weight is 257 g/mol. The quantitative estimate of drug-likeness (QED) is 0.917. The van der Waals surface area contributed by atoms with E-state index in [9.17, 15) is 9.90 Å². The highest BCUT2D eigenvalue weighted by Gasteiger charge is 2.45. The summed E-state index contributed by atoms with van der Waals surface area (Å²) in [6.45, 7) is 1.87. The average Bonchev–Trinajstić information content (AvgIpc) is 2.75. The first kappa shape index (κ1) is 12.0. The summed E-state index contributed by atoms with van der Waals surface area (Å²) in [6.07, 6.45) is 4.03. The van der Waals surface area contributed by atoms with Gasteiger partial charge in [-0.3, -0.25) is 4.79 Å². The number of hydrogen-bond acceptors (Lipinski definition) is 3. The number of nitrogens with zero attached hydrogens (tertiary/aromatic N) is 1. The van der Waals surface area contributed by atoms with Crippen molar-refractivity contribution in [2.24, 2.45) is 0 Å². The van der Waals surface area contributed by atoms with Crippen molar-refractivity contribution in [1.29, 1.82) is 0 Å². The van der Waals surface area contributed by atoms with Crippen molar-refractivity contribution in [1.82, 2.24) is 4.98 Å². The minimum absolute atomic E-state index is 0.571. The van der Waals surface area contributed by atoms with Gasteiger partial charge in [0.15, 0.2) is 0 Å². The van der Waals surface area contributed by atoms with Crippen LogP contribution in [0.15, 0.2) is 34.9 Å². The first-order chi connectivity index (χ1) is 9.12. The number of aliphatic carboxylic acids is 1. The fourth-order valence-electron chi connectivity index (χ4n) is 2.57. The molecule has 1 aromatic carbocycles. The second-order valence-electron chi connectivity index (χ2n) is 5.11. The van der Waals surface area contributed by atoms with Crippen molar-refractivity contribution in [2.75, 3.05) is 0 Å². The third kappa shape index (κ3) is 1.84. The molecule has 1 heterocycles. The molecule has 1 aliphatic rings. The zero-order valence-electron chi connectivity index (χ0n) is 10.7. The van der Waals surface area contributed by atoms with Crippen LogP contribution in [0, 0.1) is 6.92 Å². The van der Waals surface area contributed by atoms with Gasteiger partial charge < -0.3 is 9.52 Å². The van der Waals surface area contributed by atoms with E-state index in [1.54, 1.807) is 6.26 Å². The van der Waals surface area contributed by atoms with Crippen molar-refractivity contribution in [3.05, 3.63) is 41.8 Å². The smallest absolute Gasteiger partial charge is 0.314 e. The number of oxazole rings is 1. The molecule has 0 aliphatic heterocycles. The highest BCUT2D eigenvalue weighted by molar-refractivity contribution is 5.82. The molecule has 2 aromatic rings. The van der Waals surface area contributed by atoms with Crippen molar-refractivity contribution < 1.29 is 14.3 Å². The highest BCUT2D eigenvalue weighted by atomic mass is 16.4. The Morgan fingerprint density at radius 2 is 2.00 bits per heavy atom. The van der Waals surface area contributed by atoms with E-state index >= 15 is 0 Å². The molecule has 3 rings (SSSR count). The molecule has 0 bridgehead atoms. The van der Waals surface area contributed by atoms with Gasteiger partial charge in [-0.2, -0.15) is 0 Å². The molecular formula is C15H15NO3. The molecule has 0 saturated heterocycles. The molecule has 0 atom stereocenters. The van der Waals surface area contributed by atoms with Crippen LogP contribution >= 0.6 is 0 Å². The van der Waals surface area contributed by atoms with E-state index in [0.29, 0.717) is 5.89 Å². The summed E-state index contributed by atoms with van der Waals surface area (Å²) in [5.41, 5.74) is 1.90. The number of aryl methyl sites for hydroxylation is 1. The van der Waals surface area contributed by atoms with E-state index in [4.69, 9.17) is 4.42 Å². The van der Waals surface area contributed by atoms with Gasteiger partial charge in [-0.25, -0.2) is 4.98 Å². The summed E-state index contributed by atoms with van der Waals surface area (Å²) in [5, 5.41) is 9.40. The number of aromatic nitrogens is 1. The third-order valence-electron chi connectivity index (χ3n) is 3.92. The maximum absolute atomic E-state index is 11.4. The number of carboxylic acids is 1. The summed E-state index contributed by atoms with van der Waals surface area (Å²) in [7, 11) is 0. The van der Waals surface area contributed by atoms with Crippen LogP contribution in [0.5, 0.6) is 0 Å². The molecule has 0 spiro atoms. The van der Waals surface area contributed by atoms with Crippen LogP contribution in [0.4, 0.5) is 0 Å². The number of carbonyl (C=O) groups is 1. The van der Waals surface area contributed by atoms with Gasteiger partial charge in [0.25, 0.3) is 0 Å². The minimum atomic E-state index is -0.724. The molecule has 0 amide bonds. The van der Waals surface area contributed by atoms with E-state index in [-0.39, 0.29) is 0 Å². The molecule has 1 saturated carbocycles. The van der Waals surface area contributed by atoms with E-state index in [2.05, 4.69) is 4.98 Å². The molecule has 98 valence electrons. The summed E-state index contributed by atoms with van der Waals surface area (Å²) in [5.74, 6) is -0.152. The Kier molecular flexibility index (Phi) is 2.66. The van der Waals surface area contributed by atoms with Crippen LogP contribution in [0.3, 0.4) is 0 Å². The van der Waals surface area contributed by atoms with Crippen molar-refractivity contribution in [3.63, 3.8) is 0 Å². The van der Waals surface area contributed by atoms with Gasteiger partial charge in [-0.15, -0.1) is 0 Å². The summed E-state index contributed by atoms with van der Waals surface area (Å²) < 4.78 is 5.34. The van der Waals surface area contributed by atoms with Crippen LogP contribution in [0.2, 0.25) is 0 Å². The Hall–Kier alpha value is -2.10. The second-order valence-corrected chi connectivity index (χ2v) is 5.11. The normalized spacial score (nSPS) is 16.9. The number of hydrogen-bond donors (Lipinski definition) is 1. The topological polar surface area (TPSA) is 63.3 Å². The largest absolute Gasteiger partial charge is 0.481 e. The van der Waals surface area contributed by atoms with E-state index < -0.39 is 11.4 Å². The van der Waals surface area contributed by atoms with Gasteiger partial charge >= 0.3 is 5.97 Å². The summed E-state index contributed by atoms with van der Waals surface area (Å²) in [6, 6.07) is 7.51. The zero-order chi connectivity index (χ0) is 13.5. The third-order valence-corrected chi connectivity index (χ3v) is 3.92. The lowest BCUT2D eigenvalue weighted by Gasteiger charge is -2.38. The SMILES string of the molecule is Cc1coc(-c2ccc(C3(C(=O)O)CCC3)cc2)n1. The molecule has 19 heavy (non-hydrogen) atoms. The molecule has 1 fully saturated rings. The fourth-order valence-corrected chi connectivity index (χ4v) is 2.57. The maximum Gasteiger partial charge on any atom is 0.314 e. The van der Waals surface area contributed by atoms with Gasteiger partial charge in [0.05, 0.1) is 11.1 Å². The van der Waals surface area contributed by atoms with Crippen molar-refractivity contribution in [2.45, 2.75) is 31.6 Å². The standard InChI is InChI=1S/C15H15NO3/c1-10-9-19-13(16-10)11-3-5-12(6-4-11)15(14(17)18)7-2-8-15/h3-6,9H,2,7-8H2,1H3,(H,17,18). The minimum Gasteiger partial charge on any atom is -0.481 e. The number of rotatable bonds is 3. The predicted octanol–water partition coefficient (Wildman–Crippen LogP) is 3.16. The molecule has 4 heteroatoms. The van der Waals surface area contributed by atoms with E-state index in [1.807, 2.05) is 31.2 Å². The number of carboxylic acid groups (broad SMARTS) is 1. The highest BCUT2D eigenvalue weighted by Crippen LogP contribution is 2.44. The first-order valence-corrected chi connectivity index (χ1v) is 6.38. The molecule has 1 N–H and O–H groups in total. The Bertz CT molecular complexity index is 609. The lowest BCUT2D eigenvalue weighted by atomic mass is 9.64. The van der Waals surface area contributed by atoms with Gasteiger partial charge in [0, 0.05) is 5.56 Å². The van der Waals surface area contributed by atoms with Gasteiger partial charge in [0.1, 0.15) is 6.26 Å². The molecule has 1 aliphatic carbocycles. The summed E-state index contributed by atoms with van der Waals surface area (Å²) >= 11 is 0. The van der Waals surface area contributed by atoms with Crippen LogP contribution in [0.25, 0.3) is 11.5 Å². The Morgan fingerprint density at radius 1 is 1.32 bits per heavy atom. The predicted molar refractivity (Wildman–Crippen MR) is 69.8 cm³/mol. The summed E-state index contributed by atoms with van der Waals surface area (Å²) in [4.78, 5) is 15.7. The van der Waals surface area contributed by atoms with E-state index in [0.717, 1.165) is 36.1 Å². The van der Waals surface area contributed by atoms with Crippen LogP contribution in [-0.2, 0) is 10.2 Å². The van der Waals surface area contributed by atoms with Crippen LogP contribution < -0.4 is 0 Å². The zero-order valence-corrected chi connectivity index (χ0v) is 10.7. The monoisotopic (exact) mass is 257 g/mol. The first-order valence-electron chi connectivity index (χ1n) is 6.38. The Morgan fingerprint density at radius 3 is 2.42 bits per heavy atom. The molecule has 1 aromatic heterocycles. The fraction of sp³-hybridized carbons (Fsp3) is 0.333. The maximum atomic E-state index is 11.4. The molecular weight excluding hydrogens is 242 g/mol. The molecule has 0 radical (unpaired) electrons.